The minimum absolute atomic E-state index is 0.0101. The van der Waals surface area contributed by atoms with E-state index in [1.807, 2.05) is 0 Å². The number of hydrogen-bond donors (Lipinski definition) is 2. The summed E-state index contributed by atoms with van der Waals surface area (Å²) in [6, 6.07) is 5.71. The van der Waals surface area contributed by atoms with Crippen molar-refractivity contribution >= 4 is 21.4 Å². The fourth-order valence-corrected chi connectivity index (χ4v) is 4.02. The van der Waals surface area contributed by atoms with Crippen molar-refractivity contribution in [1.29, 1.82) is 0 Å². The molecule has 2 aromatic carbocycles. The molecule has 0 unspecified atom stereocenters. The van der Waals surface area contributed by atoms with Gasteiger partial charge in [0.25, 0.3) is 5.69 Å². The van der Waals surface area contributed by atoms with Crippen molar-refractivity contribution < 1.29 is 22.1 Å². The van der Waals surface area contributed by atoms with Gasteiger partial charge in [-0.15, -0.1) is 0 Å². The molecule has 0 fully saturated rings. The first kappa shape index (κ1) is 21.7. The lowest BCUT2D eigenvalue weighted by Gasteiger charge is -2.21. The van der Waals surface area contributed by atoms with Crippen molar-refractivity contribution in [3.63, 3.8) is 0 Å². The molecule has 0 spiro atoms. The second kappa shape index (κ2) is 7.80. The number of halogens is 2. The van der Waals surface area contributed by atoms with Crippen LogP contribution in [0.2, 0.25) is 0 Å². The van der Waals surface area contributed by atoms with Gasteiger partial charge in [-0.25, -0.2) is 21.9 Å². The van der Waals surface area contributed by atoms with Gasteiger partial charge in [0.1, 0.15) is 17.3 Å². The smallest absolute Gasteiger partial charge is 0.293 e. The summed E-state index contributed by atoms with van der Waals surface area (Å²) in [5, 5.41) is 14.2. The van der Waals surface area contributed by atoms with E-state index in [4.69, 9.17) is 0 Å². The van der Waals surface area contributed by atoms with E-state index in [9.17, 15) is 27.3 Å². The number of hydrogen-bond acceptors (Lipinski definition) is 5. The van der Waals surface area contributed by atoms with E-state index in [1.165, 1.54) is 18.2 Å². The maximum absolute atomic E-state index is 13.9. The Morgan fingerprint density at radius 3 is 2.29 bits per heavy atom. The first-order valence-corrected chi connectivity index (χ1v) is 9.82. The van der Waals surface area contributed by atoms with Gasteiger partial charge in [-0.05, 0) is 45.9 Å². The summed E-state index contributed by atoms with van der Waals surface area (Å²) in [6.45, 7) is 6.49. The van der Waals surface area contributed by atoms with Gasteiger partial charge >= 0.3 is 0 Å². The molecule has 2 N–H and O–H groups in total. The lowest BCUT2D eigenvalue weighted by Crippen LogP contribution is -2.40. The zero-order valence-electron chi connectivity index (χ0n) is 15.8. The molecule has 1 atom stereocenters. The predicted molar refractivity (Wildman–Crippen MR) is 102 cm³/mol. The summed E-state index contributed by atoms with van der Waals surface area (Å²) in [7, 11) is -3.97. The van der Waals surface area contributed by atoms with Crippen molar-refractivity contribution in [2.45, 2.75) is 44.2 Å². The molecule has 0 amide bonds. The van der Waals surface area contributed by atoms with Gasteiger partial charge in [0.15, 0.2) is 0 Å². The molecular weight excluding hydrogens is 392 g/mol. The Bertz CT molecular complexity index is 1000. The summed E-state index contributed by atoms with van der Waals surface area (Å²) in [4.78, 5) is 10.4. The number of nitro benzene ring substituents is 1. The Morgan fingerprint density at radius 2 is 1.75 bits per heavy atom. The average molecular weight is 413 g/mol. The largest absolute Gasteiger partial charge is 0.373 e. The minimum atomic E-state index is -3.97. The first-order chi connectivity index (χ1) is 12.8. The maximum Gasteiger partial charge on any atom is 0.293 e. The molecule has 2 aromatic rings. The molecule has 152 valence electrons. The zero-order valence-corrected chi connectivity index (χ0v) is 16.6. The lowest BCUT2D eigenvalue weighted by atomic mass is 10.1. The van der Waals surface area contributed by atoms with Crippen LogP contribution in [0, 0.1) is 21.7 Å². The van der Waals surface area contributed by atoms with E-state index in [0.717, 1.165) is 18.2 Å². The molecule has 2 rings (SSSR count). The van der Waals surface area contributed by atoms with Gasteiger partial charge in [0, 0.05) is 23.2 Å². The van der Waals surface area contributed by atoms with E-state index in [2.05, 4.69) is 10.0 Å². The second-order valence-corrected chi connectivity index (χ2v) is 9.01. The molecule has 28 heavy (non-hydrogen) atoms. The Kier molecular flexibility index (Phi) is 6.05. The van der Waals surface area contributed by atoms with Crippen molar-refractivity contribution in [3.8, 4) is 0 Å². The predicted octanol–water partition coefficient (Wildman–Crippen LogP) is 4.12. The third-order valence-corrected chi connectivity index (χ3v) is 5.47. The van der Waals surface area contributed by atoms with Crippen molar-refractivity contribution in [1.82, 2.24) is 4.72 Å². The second-order valence-electron chi connectivity index (χ2n) is 7.32. The summed E-state index contributed by atoms with van der Waals surface area (Å²) < 4.78 is 54.3. The SMILES string of the molecule is C[C@@H](Nc1ccc(S(=O)(=O)NC(C)(C)C)cc1[N+](=O)[O-])c1ccc(F)cc1F. The summed E-state index contributed by atoms with van der Waals surface area (Å²) in [6.07, 6.45) is 0. The van der Waals surface area contributed by atoms with Crippen LogP contribution in [0.3, 0.4) is 0 Å². The number of benzene rings is 2. The van der Waals surface area contributed by atoms with Crippen LogP contribution in [0.1, 0.15) is 39.3 Å². The summed E-state index contributed by atoms with van der Waals surface area (Å²) in [5.74, 6) is -1.53. The van der Waals surface area contributed by atoms with Crippen LogP contribution in [0.15, 0.2) is 41.3 Å². The monoisotopic (exact) mass is 413 g/mol. The van der Waals surface area contributed by atoms with Crippen molar-refractivity contribution in [2.75, 3.05) is 5.32 Å². The molecule has 0 radical (unpaired) electrons. The quantitative estimate of drug-likeness (QED) is 0.548. The van der Waals surface area contributed by atoms with Crippen LogP contribution >= 0.6 is 0 Å². The Labute approximate surface area is 162 Å². The Balaban J connectivity index is 2.39. The highest BCUT2D eigenvalue weighted by Gasteiger charge is 2.26. The number of sulfonamides is 1. The molecule has 7 nitrogen and oxygen atoms in total. The topological polar surface area (TPSA) is 101 Å². The number of nitrogens with zero attached hydrogens (tertiary/aromatic N) is 1. The van der Waals surface area contributed by atoms with Crippen LogP contribution in [0.25, 0.3) is 0 Å². The molecule has 0 aliphatic carbocycles. The molecular formula is C18H21F2N3O4S. The fourth-order valence-electron chi connectivity index (χ4n) is 2.58. The lowest BCUT2D eigenvalue weighted by molar-refractivity contribution is -0.384. The fraction of sp³-hybridized carbons (Fsp3) is 0.333. The molecule has 0 heterocycles. The molecule has 10 heteroatoms. The normalized spacial score (nSPS) is 13.2. The number of anilines is 1. The van der Waals surface area contributed by atoms with Crippen LogP contribution in [-0.2, 0) is 10.0 Å². The van der Waals surface area contributed by atoms with E-state index < -0.39 is 43.8 Å². The van der Waals surface area contributed by atoms with Crippen LogP contribution in [0.4, 0.5) is 20.2 Å². The third-order valence-electron chi connectivity index (χ3n) is 3.72. The zero-order chi connectivity index (χ0) is 21.3. The van der Waals surface area contributed by atoms with Gasteiger partial charge < -0.3 is 5.32 Å². The molecule has 0 saturated heterocycles. The van der Waals surface area contributed by atoms with Gasteiger partial charge in [0.2, 0.25) is 10.0 Å². The maximum atomic E-state index is 13.9. The van der Waals surface area contributed by atoms with E-state index >= 15 is 0 Å². The van der Waals surface area contributed by atoms with E-state index in [1.54, 1.807) is 27.7 Å². The molecule has 0 saturated carbocycles. The summed E-state index contributed by atoms with van der Waals surface area (Å²) in [5.41, 5.74) is -1.12. The van der Waals surface area contributed by atoms with E-state index in [-0.39, 0.29) is 16.1 Å². The van der Waals surface area contributed by atoms with Crippen LogP contribution in [-0.4, -0.2) is 18.9 Å². The Hall–Kier alpha value is -2.59. The molecule has 0 aliphatic heterocycles. The third kappa shape index (κ3) is 5.23. The number of nitrogens with one attached hydrogen (secondary N) is 2. The Morgan fingerprint density at radius 1 is 1.11 bits per heavy atom. The average Bonchev–Trinajstić information content (AvgIpc) is 2.52. The minimum Gasteiger partial charge on any atom is -0.373 e. The molecule has 0 aromatic heterocycles. The van der Waals surface area contributed by atoms with Crippen molar-refractivity contribution in [2.24, 2.45) is 0 Å². The standard InChI is InChI=1S/C18H21F2N3O4S/c1-11(14-7-5-12(19)9-15(14)20)21-16-8-6-13(10-17(16)23(24)25)28(26,27)22-18(2,3)4/h5-11,21-22H,1-4H3/t11-/m1/s1. The van der Waals surface area contributed by atoms with Crippen molar-refractivity contribution in [3.05, 3.63) is 63.7 Å². The summed E-state index contributed by atoms with van der Waals surface area (Å²) >= 11 is 0. The van der Waals surface area contributed by atoms with Gasteiger partial charge in [-0.1, -0.05) is 6.07 Å². The number of rotatable bonds is 6. The van der Waals surface area contributed by atoms with Gasteiger partial charge in [0.05, 0.1) is 15.9 Å². The van der Waals surface area contributed by atoms with Crippen LogP contribution < -0.4 is 10.0 Å². The van der Waals surface area contributed by atoms with Gasteiger partial charge in [-0.2, -0.15) is 0 Å². The number of nitro groups is 1. The first-order valence-electron chi connectivity index (χ1n) is 8.34. The highest BCUT2D eigenvalue weighted by molar-refractivity contribution is 7.89. The molecule has 0 bridgehead atoms. The van der Waals surface area contributed by atoms with E-state index in [0.29, 0.717) is 0 Å². The van der Waals surface area contributed by atoms with Crippen LogP contribution in [0.5, 0.6) is 0 Å². The highest BCUT2D eigenvalue weighted by atomic mass is 32.2. The highest BCUT2D eigenvalue weighted by Crippen LogP contribution is 2.31. The van der Waals surface area contributed by atoms with Gasteiger partial charge in [-0.3, -0.25) is 10.1 Å². The molecule has 0 aliphatic rings.